The molecule has 0 amide bonds. The van der Waals surface area contributed by atoms with Crippen molar-refractivity contribution in [1.29, 1.82) is 0 Å². The summed E-state index contributed by atoms with van der Waals surface area (Å²) in [5, 5.41) is 1.78. The smallest absolute Gasteiger partial charge is 0.163 e. The van der Waals surface area contributed by atoms with Crippen molar-refractivity contribution in [2.24, 2.45) is 0 Å². The quantitative estimate of drug-likeness (QED) is 0.432. The van der Waals surface area contributed by atoms with Gasteiger partial charge in [-0.25, -0.2) is 9.97 Å². The Labute approximate surface area is 142 Å². The summed E-state index contributed by atoms with van der Waals surface area (Å²) in [6, 6.07) is 11.3. The molecule has 100 valence electrons. The third-order valence-electron chi connectivity index (χ3n) is 2.80. The highest BCUT2D eigenvalue weighted by Crippen LogP contribution is 2.33. The molecule has 6 heteroatoms. The third kappa shape index (κ3) is 2.58. The van der Waals surface area contributed by atoms with Crippen LogP contribution in [0.2, 0.25) is 10.2 Å². The summed E-state index contributed by atoms with van der Waals surface area (Å²) in [5.41, 5.74) is 1.51. The minimum absolute atomic E-state index is 0.408. The van der Waals surface area contributed by atoms with Crippen molar-refractivity contribution in [2.45, 2.75) is 0 Å². The van der Waals surface area contributed by atoms with E-state index in [2.05, 4.69) is 41.8 Å². The second kappa shape index (κ2) is 5.60. The van der Waals surface area contributed by atoms with Gasteiger partial charge in [0.1, 0.15) is 5.15 Å². The first-order valence-electron chi connectivity index (χ1n) is 5.63. The molecule has 0 aliphatic rings. The minimum atomic E-state index is 0.408. The van der Waals surface area contributed by atoms with Gasteiger partial charge in [-0.05, 0) is 46.3 Å². The van der Waals surface area contributed by atoms with E-state index in [-0.39, 0.29) is 0 Å². The molecule has 1 heterocycles. The normalized spacial score (nSPS) is 11.0. The van der Waals surface area contributed by atoms with Crippen LogP contribution >= 0.6 is 55.1 Å². The lowest BCUT2D eigenvalue weighted by Crippen LogP contribution is -1.93. The maximum atomic E-state index is 6.24. The van der Waals surface area contributed by atoms with Gasteiger partial charge in [0, 0.05) is 19.9 Å². The van der Waals surface area contributed by atoms with Gasteiger partial charge in [-0.1, -0.05) is 45.2 Å². The minimum Gasteiger partial charge on any atom is -0.227 e. The molecule has 0 fully saturated rings. The van der Waals surface area contributed by atoms with Crippen molar-refractivity contribution < 1.29 is 0 Å². The van der Waals surface area contributed by atoms with E-state index in [0.29, 0.717) is 16.0 Å². The Morgan fingerprint density at radius 1 is 0.950 bits per heavy atom. The maximum Gasteiger partial charge on any atom is 0.163 e. The summed E-state index contributed by atoms with van der Waals surface area (Å²) in [4.78, 5) is 8.89. The molecule has 2 aromatic carbocycles. The molecule has 0 bridgehead atoms. The molecule has 0 spiro atoms. The van der Waals surface area contributed by atoms with E-state index in [9.17, 15) is 0 Å². The summed E-state index contributed by atoms with van der Waals surface area (Å²) in [6.07, 6.45) is 0. The van der Waals surface area contributed by atoms with Crippen LogP contribution in [0.3, 0.4) is 0 Å². The fraction of sp³-hybridized carbons (Fsp3) is 0. The van der Waals surface area contributed by atoms with Gasteiger partial charge in [0.2, 0.25) is 0 Å². The van der Waals surface area contributed by atoms with Crippen molar-refractivity contribution in [2.75, 3.05) is 0 Å². The van der Waals surface area contributed by atoms with Gasteiger partial charge in [-0.3, -0.25) is 0 Å². The number of halogens is 4. The maximum absolute atomic E-state index is 6.24. The fourth-order valence-corrected chi connectivity index (χ4v) is 3.32. The Morgan fingerprint density at radius 2 is 1.75 bits per heavy atom. The lowest BCUT2D eigenvalue weighted by Gasteiger charge is -2.07. The van der Waals surface area contributed by atoms with E-state index >= 15 is 0 Å². The average molecular weight is 433 g/mol. The molecule has 0 aliphatic heterocycles. The highest BCUT2D eigenvalue weighted by atomic mass is 79.9. The average Bonchev–Trinajstić information content (AvgIpc) is 2.40. The standard InChI is InChI=1S/C14H6Br2Cl2N2/c15-7-4-5-8(11(17)6-7)14-19-12-9(13(18)20-14)2-1-3-10(12)16/h1-6H. The van der Waals surface area contributed by atoms with Gasteiger partial charge in [0.15, 0.2) is 5.82 Å². The van der Waals surface area contributed by atoms with Crippen LogP contribution in [-0.4, -0.2) is 9.97 Å². The molecule has 0 unspecified atom stereocenters. The van der Waals surface area contributed by atoms with Gasteiger partial charge in [-0.2, -0.15) is 0 Å². The molecule has 0 atom stereocenters. The molecule has 3 rings (SSSR count). The predicted molar refractivity (Wildman–Crippen MR) is 90.4 cm³/mol. The monoisotopic (exact) mass is 430 g/mol. The zero-order chi connectivity index (χ0) is 14.3. The summed E-state index contributed by atoms with van der Waals surface area (Å²) in [5.74, 6) is 0.506. The molecular weight excluding hydrogens is 427 g/mol. The van der Waals surface area contributed by atoms with Crippen LogP contribution in [0.25, 0.3) is 22.3 Å². The Balaban J connectivity index is 2.29. The number of hydrogen-bond acceptors (Lipinski definition) is 2. The van der Waals surface area contributed by atoms with E-state index in [1.165, 1.54) is 0 Å². The molecule has 0 saturated carbocycles. The van der Waals surface area contributed by atoms with Crippen molar-refractivity contribution in [3.8, 4) is 11.4 Å². The first kappa shape index (κ1) is 14.3. The van der Waals surface area contributed by atoms with Gasteiger partial charge >= 0.3 is 0 Å². The highest BCUT2D eigenvalue weighted by Gasteiger charge is 2.12. The lowest BCUT2D eigenvalue weighted by atomic mass is 10.2. The summed E-state index contributed by atoms with van der Waals surface area (Å²) >= 11 is 19.3. The molecule has 0 saturated heterocycles. The zero-order valence-corrected chi connectivity index (χ0v) is 14.6. The highest BCUT2D eigenvalue weighted by molar-refractivity contribution is 9.11. The topological polar surface area (TPSA) is 25.8 Å². The van der Waals surface area contributed by atoms with E-state index in [0.717, 1.165) is 25.4 Å². The molecule has 20 heavy (non-hydrogen) atoms. The summed E-state index contributed by atoms with van der Waals surface area (Å²) in [7, 11) is 0. The SMILES string of the molecule is Clc1cc(Br)ccc1-c1nc(Cl)c2cccc(Br)c2n1. The van der Waals surface area contributed by atoms with Crippen LogP contribution in [-0.2, 0) is 0 Å². The van der Waals surface area contributed by atoms with E-state index in [1.807, 2.05) is 30.3 Å². The van der Waals surface area contributed by atoms with Crippen LogP contribution < -0.4 is 0 Å². The Hall–Kier alpha value is -0.680. The number of aromatic nitrogens is 2. The van der Waals surface area contributed by atoms with Crippen molar-refractivity contribution in [3.05, 3.63) is 55.5 Å². The number of nitrogens with zero attached hydrogens (tertiary/aromatic N) is 2. The molecule has 0 aliphatic carbocycles. The molecule has 0 radical (unpaired) electrons. The van der Waals surface area contributed by atoms with Crippen molar-refractivity contribution >= 4 is 66.0 Å². The summed E-state index contributed by atoms with van der Waals surface area (Å²) < 4.78 is 1.77. The largest absolute Gasteiger partial charge is 0.227 e. The first-order valence-corrected chi connectivity index (χ1v) is 7.97. The van der Waals surface area contributed by atoms with Crippen LogP contribution in [0, 0.1) is 0 Å². The lowest BCUT2D eigenvalue weighted by molar-refractivity contribution is 1.22. The second-order valence-corrected chi connectivity index (χ2v) is 6.63. The Morgan fingerprint density at radius 3 is 2.50 bits per heavy atom. The van der Waals surface area contributed by atoms with E-state index in [4.69, 9.17) is 23.2 Å². The second-order valence-electron chi connectivity index (χ2n) is 4.10. The van der Waals surface area contributed by atoms with Gasteiger partial charge in [0.25, 0.3) is 0 Å². The van der Waals surface area contributed by atoms with Crippen LogP contribution in [0.15, 0.2) is 45.3 Å². The number of benzene rings is 2. The molecule has 1 aromatic heterocycles. The zero-order valence-electron chi connectivity index (χ0n) is 9.87. The van der Waals surface area contributed by atoms with Crippen LogP contribution in [0.4, 0.5) is 0 Å². The predicted octanol–water partition coefficient (Wildman–Crippen LogP) is 6.13. The van der Waals surface area contributed by atoms with Gasteiger partial charge in [-0.15, -0.1) is 0 Å². The summed E-state index contributed by atoms with van der Waals surface area (Å²) in [6.45, 7) is 0. The number of para-hydroxylation sites is 1. The number of hydrogen-bond donors (Lipinski definition) is 0. The van der Waals surface area contributed by atoms with Crippen molar-refractivity contribution in [3.63, 3.8) is 0 Å². The molecule has 2 nitrogen and oxygen atoms in total. The third-order valence-corrected chi connectivity index (χ3v) is 4.54. The molecule has 3 aromatic rings. The number of rotatable bonds is 1. The molecule has 0 N–H and O–H groups in total. The van der Waals surface area contributed by atoms with Gasteiger partial charge in [0.05, 0.1) is 10.5 Å². The van der Waals surface area contributed by atoms with E-state index < -0.39 is 0 Å². The van der Waals surface area contributed by atoms with Gasteiger partial charge < -0.3 is 0 Å². The van der Waals surface area contributed by atoms with E-state index in [1.54, 1.807) is 6.07 Å². The fourth-order valence-electron chi connectivity index (χ4n) is 1.87. The van der Waals surface area contributed by atoms with Crippen LogP contribution in [0.5, 0.6) is 0 Å². The van der Waals surface area contributed by atoms with Crippen LogP contribution in [0.1, 0.15) is 0 Å². The molecular formula is C14H6Br2Cl2N2. The Kier molecular flexibility index (Phi) is 4.00. The number of fused-ring (bicyclic) bond motifs is 1. The van der Waals surface area contributed by atoms with Crippen molar-refractivity contribution in [1.82, 2.24) is 9.97 Å². The Bertz CT molecular complexity index is 822. The first-order chi connectivity index (χ1) is 9.56.